The van der Waals surface area contributed by atoms with E-state index in [1.54, 1.807) is 0 Å². The number of hydrogen-bond acceptors (Lipinski definition) is 6. The third-order valence-electron chi connectivity index (χ3n) is 2.18. The molecule has 18 heavy (non-hydrogen) atoms. The molecule has 1 rings (SSSR count). The Kier molecular flexibility index (Phi) is 3.95. The van der Waals surface area contributed by atoms with Gasteiger partial charge in [0.1, 0.15) is 0 Å². The summed E-state index contributed by atoms with van der Waals surface area (Å²) in [4.78, 5) is 21.7. The smallest absolute Gasteiger partial charge is 0.311 e. The first-order valence-corrected chi connectivity index (χ1v) is 4.71. The number of methoxy groups -OCH3 is 1. The summed E-state index contributed by atoms with van der Waals surface area (Å²) < 4.78 is 4.77. The average Bonchev–Trinajstić information content (AvgIpc) is 2.39. The quantitative estimate of drug-likeness (QED) is 0.450. The Morgan fingerprint density at radius 2 is 2.06 bits per heavy atom. The predicted molar refractivity (Wildman–Crippen MR) is 58.7 cm³/mol. The number of benzene rings is 1. The van der Waals surface area contributed by atoms with Crippen LogP contribution in [0.1, 0.15) is 10.4 Å². The fourth-order valence-electron chi connectivity index (χ4n) is 1.30. The van der Waals surface area contributed by atoms with Gasteiger partial charge in [0.15, 0.2) is 17.5 Å². The van der Waals surface area contributed by atoms with Gasteiger partial charge in [-0.15, -0.1) is 0 Å². The van der Waals surface area contributed by atoms with E-state index >= 15 is 0 Å². The summed E-state index contributed by atoms with van der Waals surface area (Å²) in [6, 6.07) is 6.54. The van der Waals surface area contributed by atoms with Crippen molar-refractivity contribution in [2.24, 2.45) is 5.92 Å². The van der Waals surface area contributed by atoms with E-state index in [4.69, 9.17) is 15.3 Å². The van der Waals surface area contributed by atoms with Gasteiger partial charge in [-0.2, -0.15) is 10.5 Å². The molecule has 0 saturated heterocycles. The van der Waals surface area contributed by atoms with Crippen LogP contribution in [-0.2, 0) is 0 Å². The van der Waals surface area contributed by atoms with Crippen LogP contribution in [0.3, 0.4) is 0 Å². The number of ketones is 1. The standard InChI is InChI=1S/C11H7N3O4/c1-18-10-3-2-7(4-9(10)14(16)17)11(15)8(5-12)6-13/h2-4,8H,1H3. The highest BCUT2D eigenvalue weighted by molar-refractivity contribution is 6.01. The zero-order chi connectivity index (χ0) is 13.7. The number of nitrogens with zero attached hydrogens (tertiary/aromatic N) is 3. The number of rotatable bonds is 4. The molecule has 90 valence electrons. The van der Waals surface area contributed by atoms with E-state index in [0.29, 0.717) is 0 Å². The fraction of sp³-hybridized carbons (Fsp3) is 0.182. The molecule has 0 aliphatic rings. The third kappa shape index (κ3) is 2.42. The monoisotopic (exact) mass is 245 g/mol. The molecule has 7 nitrogen and oxygen atoms in total. The van der Waals surface area contributed by atoms with Crippen LogP contribution < -0.4 is 4.74 Å². The Labute approximate surface area is 102 Å². The van der Waals surface area contributed by atoms with Crippen molar-refractivity contribution in [1.82, 2.24) is 0 Å². The minimum absolute atomic E-state index is 0.00187. The topological polar surface area (TPSA) is 117 Å². The molecule has 0 N–H and O–H groups in total. The molecule has 0 aliphatic heterocycles. The van der Waals surface area contributed by atoms with Crippen LogP contribution in [0, 0.1) is 38.7 Å². The molecule has 0 aromatic heterocycles. The largest absolute Gasteiger partial charge is 0.490 e. The lowest BCUT2D eigenvalue weighted by atomic mass is 9.99. The number of nitriles is 2. The predicted octanol–water partition coefficient (Wildman–Crippen LogP) is 1.45. The van der Waals surface area contributed by atoms with Crippen molar-refractivity contribution < 1.29 is 14.5 Å². The molecule has 0 aliphatic carbocycles. The molecule has 0 unspecified atom stereocenters. The van der Waals surface area contributed by atoms with Gasteiger partial charge in [-0.25, -0.2) is 0 Å². The fourth-order valence-corrected chi connectivity index (χ4v) is 1.30. The molecule has 0 spiro atoms. The van der Waals surface area contributed by atoms with Crippen molar-refractivity contribution in [3.63, 3.8) is 0 Å². The first-order chi connectivity index (χ1) is 8.54. The zero-order valence-corrected chi connectivity index (χ0v) is 9.28. The molecule has 0 bridgehead atoms. The summed E-state index contributed by atoms with van der Waals surface area (Å²) in [5.74, 6) is -2.24. The third-order valence-corrected chi connectivity index (χ3v) is 2.18. The molecule has 0 atom stereocenters. The van der Waals surface area contributed by atoms with Gasteiger partial charge in [0, 0.05) is 11.6 Å². The average molecular weight is 245 g/mol. The summed E-state index contributed by atoms with van der Waals surface area (Å²) in [7, 11) is 1.26. The SMILES string of the molecule is COc1ccc(C(=O)C(C#N)C#N)cc1[N+](=O)[O-]. The van der Waals surface area contributed by atoms with Crippen molar-refractivity contribution in [3.05, 3.63) is 33.9 Å². The van der Waals surface area contributed by atoms with Crippen LogP contribution in [0.4, 0.5) is 5.69 Å². The molecule has 0 saturated carbocycles. The second-order valence-electron chi connectivity index (χ2n) is 3.20. The lowest BCUT2D eigenvalue weighted by Gasteiger charge is -2.04. The Morgan fingerprint density at radius 1 is 1.44 bits per heavy atom. The highest BCUT2D eigenvalue weighted by Crippen LogP contribution is 2.28. The van der Waals surface area contributed by atoms with Crippen molar-refractivity contribution in [3.8, 4) is 17.9 Å². The van der Waals surface area contributed by atoms with Crippen molar-refractivity contribution >= 4 is 11.5 Å². The number of Topliss-reactive ketones (excluding diaryl/α,β-unsaturated/α-hetero) is 1. The number of nitro benzene ring substituents is 1. The number of nitro groups is 1. The number of carbonyl (C=O) groups is 1. The minimum Gasteiger partial charge on any atom is -0.490 e. The lowest BCUT2D eigenvalue weighted by molar-refractivity contribution is -0.385. The van der Waals surface area contributed by atoms with E-state index in [-0.39, 0.29) is 11.3 Å². The Balaban J connectivity index is 3.26. The summed E-state index contributed by atoms with van der Waals surface area (Å²) in [6.45, 7) is 0. The maximum Gasteiger partial charge on any atom is 0.311 e. The van der Waals surface area contributed by atoms with Gasteiger partial charge in [0.25, 0.3) is 0 Å². The van der Waals surface area contributed by atoms with E-state index < -0.39 is 22.3 Å². The lowest BCUT2D eigenvalue weighted by Crippen LogP contribution is -2.11. The molecule has 0 heterocycles. The van der Waals surface area contributed by atoms with E-state index in [1.165, 1.54) is 31.4 Å². The number of ether oxygens (including phenoxy) is 1. The maximum atomic E-state index is 11.7. The molecule has 7 heteroatoms. The first-order valence-electron chi connectivity index (χ1n) is 4.71. The molecule has 1 aromatic carbocycles. The van der Waals surface area contributed by atoms with Crippen LogP contribution in [0.15, 0.2) is 18.2 Å². The van der Waals surface area contributed by atoms with Crippen molar-refractivity contribution in [2.75, 3.05) is 7.11 Å². The van der Waals surface area contributed by atoms with E-state index in [0.717, 1.165) is 6.07 Å². The van der Waals surface area contributed by atoms with Gasteiger partial charge in [0.05, 0.1) is 24.2 Å². The highest BCUT2D eigenvalue weighted by Gasteiger charge is 2.23. The van der Waals surface area contributed by atoms with Crippen molar-refractivity contribution in [2.45, 2.75) is 0 Å². The van der Waals surface area contributed by atoms with E-state index in [9.17, 15) is 14.9 Å². The van der Waals surface area contributed by atoms with Crippen LogP contribution in [0.25, 0.3) is 0 Å². The Morgan fingerprint density at radius 3 is 2.50 bits per heavy atom. The number of hydrogen-bond donors (Lipinski definition) is 0. The van der Waals surface area contributed by atoms with E-state index in [1.807, 2.05) is 0 Å². The van der Waals surface area contributed by atoms with Gasteiger partial charge >= 0.3 is 5.69 Å². The van der Waals surface area contributed by atoms with Gasteiger partial charge in [-0.1, -0.05) is 0 Å². The summed E-state index contributed by atoms with van der Waals surface area (Å²) in [5, 5.41) is 27.9. The Bertz CT molecular complexity index is 569. The van der Waals surface area contributed by atoms with Crippen LogP contribution in [0.5, 0.6) is 5.75 Å². The second-order valence-corrected chi connectivity index (χ2v) is 3.20. The maximum absolute atomic E-state index is 11.7. The van der Waals surface area contributed by atoms with Crippen LogP contribution >= 0.6 is 0 Å². The van der Waals surface area contributed by atoms with E-state index in [2.05, 4.69) is 0 Å². The van der Waals surface area contributed by atoms with Crippen molar-refractivity contribution in [1.29, 1.82) is 10.5 Å². The van der Waals surface area contributed by atoms with Gasteiger partial charge in [-0.05, 0) is 12.1 Å². The number of carbonyl (C=O) groups excluding carboxylic acids is 1. The summed E-state index contributed by atoms with van der Waals surface area (Å²) >= 11 is 0. The first kappa shape index (κ1) is 13.1. The normalized spacial score (nSPS) is 9.33. The zero-order valence-electron chi connectivity index (χ0n) is 9.28. The molecule has 1 aromatic rings. The minimum atomic E-state index is -1.47. The second kappa shape index (κ2) is 5.41. The molecule has 0 fully saturated rings. The Hall–Kier alpha value is -2.93. The molecular formula is C11H7N3O4. The molecule has 0 amide bonds. The van der Waals surface area contributed by atoms with Gasteiger partial charge in [-0.3, -0.25) is 14.9 Å². The van der Waals surface area contributed by atoms with Gasteiger partial charge in [0.2, 0.25) is 0 Å². The van der Waals surface area contributed by atoms with Gasteiger partial charge < -0.3 is 4.74 Å². The van der Waals surface area contributed by atoms with Crippen LogP contribution in [0.2, 0.25) is 0 Å². The molecule has 0 radical (unpaired) electrons. The highest BCUT2D eigenvalue weighted by atomic mass is 16.6. The van der Waals surface area contributed by atoms with Crippen LogP contribution in [-0.4, -0.2) is 17.8 Å². The summed E-state index contributed by atoms with van der Waals surface area (Å²) in [5.41, 5.74) is -0.464. The molecular weight excluding hydrogens is 238 g/mol. The summed E-state index contributed by atoms with van der Waals surface area (Å²) in [6.07, 6.45) is 0.